The first-order chi connectivity index (χ1) is 11.7. The summed E-state index contributed by atoms with van der Waals surface area (Å²) in [6.07, 6.45) is -4.84. The number of halogens is 4. The summed E-state index contributed by atoms with van der Waals surface area (Å²) in [7, 11) is 0. The Morgan fingerprint density at radius 1 is 1.04 bits per heavy atom. The van der Waals surface area contributed by atoms with Crippen LogP contribution in [0, 0.1) is 5.82 Å². The van der Waals surface area contributed by atoms with Crippen LogP contribution in [0.5, 0.6) is 0 Å². The second kappa shape index (κ2) is 7.33. The summed E-state index contributed by atoms with van der Waals surface area (Å²) in [6.45, 7) is 0. The van der Waals surface area contributed by atoms with Crippen LogP contribution in [0.2, 0.25) is 0 Å². The molecule has 0 aliphatic carbocycles. The molecule has 8 heteroatoms. The zero-order valence-corrected chi connectivity index (χ0v) is 12.7. The van der Waals surface area contributed by atoms with Gasteiger partial charge in [0.1, 0.15) is 11.9 Å². The molecular weight excluding hydrogens is 342 g/mol. The molecule has 0 bridgehead atoms. The minimum Gasteiger partial charge on any atom is -0.480 e. The van der Waals surface area contributed by atoms with Crippen LogP contribution in [0.15, 0.2) is 48.5 Å². The maximum atomic E-state index is 13.6. The number of hydrogen-bond acceptors (Lipinski definition) is 2. The number of amides is 1. The van der Waals surface area contributed by atoms with Gasteiger partial charge in [-0.05, 0) is 35.9 Å². The van der Waals surface area contributed by atoms with Crippen molar-refractivity contribution in [2.24, 2.45) is 0 Å². The molecule has 25 heavy (non-hydrogen) atoms. The van der Waals surface area contributed by atoms with Crippen LogP contribution in [0.25, 0.3) is 0 Å². The highest BCUT2D eigenvalue weighted by Gasteiger charge is 2.30. The van der Waals surface area contributed by atoms with Gasteiger partial charge >= 0.3 is 12.1 Å². The van der Waals surface area contributed by atoms with Crippen LogP contribution in [0.4, 0.5) is 17.6 Å². The Morgan fingerprint density at radius 3 is 2.16 bits per heavy atom. The van der Waals surface area contributed by atoms with Crippen LogP contribution in [0.1, 0.15) is 21.5 Å². The molecule has 2 aromatic carbocycles. The minimum atomic E-state index is -4.54. The van der Waals surface area contributed by atoms with Crippen LogP contribution in [-0.2, 0) is 17.4 Å². The standard InChI is InChI=1S/C17H13F4NO3/c18-13-4-2-1-3-11(13)9-14(16(24)25)22-15(23)10-5-7-12(8-6-10)17(19,20)21/h1-8,14H,9H2,(H,22,23)(H,24,25)/t14-/m0/s1. The number of rotatable bonds is 5. The Hall–Kier alpha value is -2.90. The zero-order valence-electron chi connectivity index (χ0n) is 12.7. The Labute approximate surface area is 140 Å². The van der Waals surface area contributed by atoms with Gasteiger partial charge in [-0.3, -0.25) is 4.79 Å². The van der Waals surface area contributed by atoms with Gasteiger partial charge in [-0.15, -0.1) is 0 Å². The molecule has 4 nitrogen and oxygen atoms in total. The first-order valence-corrected chi connectivity index (χ1v) is 7.13. The smallest absolute Gasteiger partial charge is 0.416 e. The zero-order chi connectivity index (χ0) is 18.6. The van der Waals surface area contributed by atoms with Gasteiger partial charge in [0.25, 0.3) is 5.91 Å². The summed E-state index contributed by atoms with van der Waals surface area (Å²) < 4.78 is 51.1. The number of carbonyl (C=O) groups excluding carboxylic acids is 1. The minimum absolute atomic E-state index is 0.0996. The molecule has 0 saturated heterocycles. The van der Waals surface area contributed by atoms with Crippen molar-refractivity contribution >= 4 is 11.9 Å². The molecule has 1 atom stereocenters. The van der Waals surface area contributed by atoms with Crippen molar-refractivity contribution in [3.8, 4) is 0 Å². The third kappa shape index (κ3) is 4.79. The second-order valence-corrected chi connectivity index (χ2v) is 5.23. The number of carboxylic acid groups (broad SMARTS) is 1. The quantitative estimate of drug-likeness (QED) is 0.809. The lowest BCUT2D eigenvalue weighted by Crippen LogP contribution is -2.42. The van der Waals surface area contributed by atoms with Crippen molar-refractivity contribution < 1.29 is 32.3 Å². The van der Waals surface area contributed by atoms with Gasteiger partial charge in [-0.1, -0.05) is 18.2 Å². The van der Waals surface area contributed by atoms with E-state index in [1.54, 1.807) is 0 Å². The number of carbonyl (C=O) groups is 2. The number of benzene rings is 2. The molecule has 0 heterocycles. The summed E-state index contributed by atoms with van der Waals surface area (Å²) in [5.74, 6) is -2.86. The molecule has 2 N–H and O–H groups in total. The molecule has 2 rings (SSSR count). The number of nitrogens with one attached hydrogen (secondary N) is 1. The van der Waals surface area contributed by atoms with Crippen LogP contribution in [-0.4, -0.2) is 23.0 Å². The van der Waals surface area contributed by atoms with Gasteiger partial charge in [-0.2, -0.15) is 13.2 Å². The first-order valence-electron chi connectivity index (χ1n) is 7.13. The molecule has 1 amide bonds. The number of alkyl halides is 3. The molecule has 0 spiro atoms. The molecule has 0 fully saturated rings. The molecule has 0 saturated carbocycles. The molecule has 0 radical (unpaired) electrons. The van der Waals surface area contributed by atoms with Gasteiger partial charge in [0, 0.05) is 12.0 Å². The molecular formula is C17H13F4NO3. The lowest BCUT2D eigenvalue weighted by Gasteiger charge is -2.15. The largest absolute Gasteiger partial charge is 0.480 e. The van der Waals surface area contributed by atoms with Crippen molar-refractivity contribution in [2.75, 3.05) is 0 Å². The van der Waals surface area contributed by atoms with Crippen molar-refractivity contribution in [2.45, 2.75) is 18.6 Å². The van der Waals surface area contributed by atoms with E-state index in [2.05, 4.69) is 5.32 Å². The summed E-state index contributed by atoms with van der Waals surface area (Å²) in [4.78, 5) is 23.3. The molecule has 2 aromatic rings. The van der Waals surface area contributed by atoms with E-state index in [4.69, 9.17) is 0 Å². The molecule has 132 valence electrons. The Kier molecular flexibility index (Phi) is 5.41. The van der Waals surface area contributed by atoms with E-state index in [0.717, 1.165) is 30.3 Å². The van der Waals surface area contributed by atoms with Crippen LogP contribution in [0.3, 0.4) is 0 Å². The van der Waals surface area contributed by atoms with E-state index in [1.807, 2.05) is 0 Å². The fraction of sp³-hybridized carbons (Fsp3) is 0.176. The Balaban J connectivity index is 2.13. The van der Waals surface area contributed by atoms with E-state index >= 15 is 0 Å². The van der Waals surface area contributed by atoms with Crippen LogP contribution < -0.4 is 5.32 Å². The van der Waals surface area contributed by atoms with Crippen LogP contribution >= 0.6 is 0 Å². The summed E-state index contributed by atoms with van der Waals surface area (Å²) >= 11 is 0. The highest BCUT2D eigenvalue weighted by atomic mass is 19.4. The van der Waals surface area contributed by atoms with Gasteiger partial charge < -0.3 is 10.4 Å². The number of carboxylic acids is 1. The predicted molar refractivity (Wildman–Crippen MR) is 80.4 cm³/mol. The van der Waals surface area contributed by atoms with Crippen molar-refractivity contribution in [3.05, 3.63) is 71.0 Å². The van der Waals surface area contributed by atoms with E-state index in [1.165, 1.54) is 18.2 Å². The Bertz CT molecular complexity index is 772. The SMILES string of the molecule is O=C(N[C@@H](Cc1ccccc1F)C(=O)O)c1ccc(C(F)(F)F)cc1. The third-order valence-electron chi connectivity index (χ3n) is 3.46. The molecule has 0 aliphatic rings. The third-order valence-corrected chi connectivity index (χ3v) is 3.46. The molecule has 0 aromatic heterocycles. The predicted octanol–water partition coefficient (Wildman–Crippen LogP) is 3.27. The van der Waals surface area contributed by atoms with Crippen molar-refractivity contribution in [1.29, 1.82) is 0 Å². The highest BCUT2D eigenvalue weighted by Crippen LogP contribution is 2.29. The fourth-order valence-corrected chi connectivity index (χ4v) is 2.14. The van der Waals surface area contributed by atoms with Gasteiger partial charge in [0.15, 0.2) is 0 Å². The summed E-state index contributed by atoms with van der Waals surface area (Å²) in [5, 5.41) is 11.4. The fourth-order valence-electron chi connectivity index (χ4n) is 2.14. The second-order valence-electron chi connectivity index (χ2n) is 5.23. The topological polar surface area (TPSA) is 66.4 Å². The van der Waals surface area contributed by atoms with Crippen molar-refractivity contribution in [3.63, 3.8) is 0 Å². The van der Waals surface area contributed by atoms with Gasteiger partial charge in [-0.25, -0.2) is 9.18 Å². The van der Waals surface area contributed by atoms with E-state index in [9.17, 15) is 32.3 Å². The molecule has 0 unspecified atom stereocenters. The summed E-state index contributed by atoms with van der Waals surface area (Å²) in [6, 6.07) is 7.42. The monoisotopic (exact) mass is 355 g/mol. The average Bonchev–Trinajstić information content (AvgIpc) is 2.55. The highest BCUT2D eigenvalue weighted by molar-refractivity contribution is 5.96. The summed E-state index contributed by atoms with van der Waals surface area (Å²) in [5.41, 5.74) is -0.958. The number of hydrogen-bond donors (Lipinski definition) is 2. The maximum Gasteiger partial charge on any atom is 0.416 e. The van der Waals surface area contributed by atoms with E-state index < -0.39 is 35.5 Å². The van der Waals surface area contributed by atoms with Gasteiger partial charge in [0.2, 0.25) is 0 Å². The molecule has 0 aliphatic heterocycles. The van der Waals surface area contributed by atoms with Gasteiger partial charge in [0.05, 0.1) is 5.56 Å². The van der Waals surface area contributed by atoms with E-state index in [0.29, 0.717) is 0 Å². The number of aliphatic carboxylic acids is 1. The lowest BCUT2D eigenvalue weighted by molar-refractivity contribution is -0.139. The maximum absolute atomic E-state index is 13.6. The average molecular weight is 355 g/mol. The van der Waals surface area contributed by atoms with E-state index in [-0.39, 0.29) is 17.5 Å². The van der Waals surface area contributed by atoms with Crippen molar-refractivity contribution in [1.82, 2.24) is 5.32 Å². The Morgan fingerprint density at radius 2 is 1.64 bits per heavy atom. The first kappa shape index (κ1) is 18.4. The normalized spacial score (nSPS) is 12.5. The lowest BCUT2D eigenvalue weighted by atomic mass is 10.0.